The molecule has 206 valence electrons. The molecule has 0 spiro atoms. The molecule has 0 saturated heterocycles. The number of hydrogen-bond acceptors (Lipinski definition) is 7. The molecule has 0 aliphatic carbocycles. The Hall–Kier alpha value is -3.42. The monoisotopic (exact) mass is 515 g/mol. The standard InChI is InChI=1S/C22H41N7O7/c1-5-12(4)17(21(35)36)29-20(34)16(11(2)3)28-19(33)14(8-9-15(30)31)27-18(32)13(23)7-6-10-26-22(24)25/h11-14,16-17H,5-10,23H2,1-4H3,(H,27,32)(H,28,33)(H,29,34)(H,30,31)(H,35,36)(H4,24,25,26). The molecule has 0 aliphatic rings. The summed E-state index contributed by atoms with van der Waals surface area (Å²) in [4.78, 5) is 64.8. The summed E-state index contributed by atoms with van der Waals surface area (Å²) in [5, 5.41) is 25.9. The maximum absolute atomic E-state index is 13.0. The van der Waals surface area contributed by atoms with Crippen LogP contribution in [-0.4, -0.2) is 76.5 Å². The van der Waals surface area contributed by atoms with Crippen LogP contribution in [-0.2, 0) is 24.0 Å². The minimum absolute atomic E-state index is 0.0963. The SMILES string of the molecule is CCC(C)C(NC(=O)C(NC(=O)C(CCC(=O)O)NC(=O)C(N)CCCN=C(N)N)C(C)C)C(=O)O. The number of carbonyl (C=O) groups excluding carboxylic acids is 3. The van der Waals surface area contributed by atoms with E-state index in [0.29, 0.717) is 12.8 Å². The fourth-order valence-corrected chi connectivity index (χ4v) is 3.18. The van der Waals surface area contributed by atoms with E-state index < -0.39 is 66.2 Å². The van der Waals surface area contributed by atoms with Gasteiger partial charge in [-0.2, -0.15) is 0 Å². The highest BCUT2D eigenvalue weighted by Crippen LogP contribution is 2.11. The molecule has 0 rings (SSSR count). The van der Waals surface area contributed by atoms with Crippen LogP contribution in [0, 0.1) is 11.8 Å². The predicted octanol–water partition coefficient (Wildman–Crippen LogP) is -1.53. The quantitative estimate of drug-likeness (QED) is 0.0630. The predicted molar refractivity (Wildman–Crippen MR) is 132 cm³/mol. The Morgan fingerprint density at radius 2 is 1.44 bits per heavy atom. The van der Waals surface area contributed by atoms with Gasteiger partial charge in [-0.3, -0.25) is 24.2 Å². The Bertz CT molecular complexity index is 800. The number of rotatable bonds is 17. The molecule has 11 N–H and O–H groups in total. The van der Waals surface area contributed by atoms with Gasteiger partial charge >= 0.3 is 11.9 Å². The van der Waals surface area contributed by atoms with Gasteiger partial charge in [0.05, 0.1) is 6.04 Å². The maximum atomic E-state index is 13.0. The lowest BCUT2D eigenvalue weighted by Gasteiger charge is -2.28. The highest BCUT2D eigenvalue weighted by atomic mass is 16.4. The zero-order valence-corrected chi connectivity index (χ0v) is 21.3. The van der Waals surface area contributed by atoms with Crippen LogP contribution in [0.5, 0.6) is 0 Å². The largest absolute Gasteiger partial charge is 0.481 e. The molecule has 14 heteroatoms. The molecule has 0 aromatic heterocycles. The van der Waals surface area contributed by atoms with Crippen LogP contribution in [0.4, 0.5) is 0 Å². The van der Waals surface area contributed by atoms with Crippen LogP contribution in [0.2, 0.25) is 0 Å². The van der Waals surface area contributed by atoms with Gasteiger partial charge in [0.1, 0.15) is 18.1 Å². The average molecular weight is 516 g/mol. The minimum Gasteiger partial charge on any atom is -0.481 e. The minimum atomic E-state index is -1.28. The molecule has 0 aromatic carbocycles. The third kappa shape index (κ3) is 12.3. The van der Waals surface area contributed by atoms with E-state index in [1.807, 2.05) is 0 Å². The van der Waals surface area contributed by atoms with Gasteiger partial charge in [-0.1, -0.05) is 34.1 Å². The van der Waals surface area contributed by atoms with Crippen molar-refractivity contribution in [2.75, 3.05) is 6.54 Å². The Kier molecular flexibility index (Phi) is 14.7. The van der Waals surface area contributed by atoms with E-state index in [9.17, 15) is 29.1 Å². The molecule has 5 atom stereocenters. The van der Waals surface area contributed by atoms with E-state index in [4.69, 9.17) is 22.3 Å². The molecule has 0 saturated carbocycles. The number of carboxylic acids is 2. The molecular formula is C22H41N7O7. The first kappa shape index (κ1) is 32.6. The molecule has 0 aromatic rings. The summed E-state index contributed by atoms with van der Waals surface area (Å²) in [5.41, 5.74) is 16.3. The van der Waals surface area contributed by atoms with E-state index in [-0.39, 0.29) is 31.3 Å². The number of amides is 3. The Morgan fingerprint density at radius 1 is 0.861 bits per heavy atom. The first-order valence-corrected chi connectivity index (χ1v) is 11.9. The fourth-order valence-electron chi connectivity index (χ4n) is 3.18. The third-order valence-electron chi connectivity index (χ3n) is 5.61. The topological polar surface area (TPSA) is 252 Å². The van der Waals surface area contributed by atoms with E-state index in [1.54, 1.807) is 27.7 Å². The van der Waals surface area contributed by atoms with E-state index in [1.165, 1.54) is 0 Å². The van der Waals surface area contributed by atoms with Crippen molar-refractivity contribution < 1.29 is 34.2 Å². The van der Waals surface area contributed by atoms with Crippen molar-refractivity contribution in [3.05, 3.63) is 0 Å². The van der Waals surface area contributed by atoms with Crippen molar-refractivity contribution in [2.24, 2.45) is 34.0 Å². The van der Waals surface area contributed by atoms with Gasteiger partial charge in [0.25, 0.3) is 0 Å². The second kappa shape index (κ2) is 16.3. The van der Waals surface area contributed by atoms with Crippen molar-refractivity contribution in [1.29, 1.82) is 0 Å². The van der Waals surface area contributed by atoms with Gasteiger partial charge in [-0.15, -0.1) is 0 Å². The number of nitrogens with two attached hydrogens (primary N) is 3. The summed E-state index contributed by atoms with van der Waals surface area (Å²) < 4.78 is 0. The Morgan fingerprint density at radius 3 is 1.92 bits per heavy atom. The van der Waals surface area contributed by atoms with Crippen molar-refractivity contribution >= 4 is 35.6 Å². The molecule has 5 unspecified atom stereocenters. The van der Waals surface area contributed by atoms with Crippen LogP contribution in [0.3, 0.4) is 0 Å². The summed E-state index contributed by atoms with van der Waals surface area (Å²) in [6, 6.07) is -4.56. The molecule has 0 fully saturated rings. The summed E-state index contributed by atoms with van der Waals surface area (Å²) >= 11 is 0. The van der Waals surface area contributed by atoms with Crippen LogP contribution in [0.1, 0.15) is 59.8 Å². The van der Waals surface area contributed by atoms with Crippen molar-refractivity contribution in [3.8, 4) is 0 Å². The van der Waals surface area contributed by atoms with Gasteiger partial charge in [0.2, 0.25) is 17.7 Å². The number of nitrogens with one attached hydrogen (secondary N) is 3. The van der Waals surface area contributed by atoms with E-state index >= 15 is 0 Å². The number of aliphatic imine (C=N–C) groups is 1. The first-order valence-electron chi connectivity index (χ1n) is 11.9. The van der Waals surface area contributed by atoms with E-state index in [2.05, 4.69) is 20.9 Å². The second-order valence-corrected chi connectivity index (χ2v) is 8.99. The molecular weight excluding hydrogens is 474 g/mol. The molecule has 36 heavy (non-hydrogen) atoms. The molecule has 0 aliphatic heterocycles. The van der Waals surface area contributed by atoms with Crippen LogP contribution >= 0.6 is 0 Å². The summed E-state index contributed by atoms with van der Waals surface area (Å²) in [6.07, 6.45) is 0.440. The number of carbonyl (C=O) groups is 5. The lowest BCUT2D eigenvalue weighted by atomic mass is 9.97. The number of aliphatic carboxylic acids is 2. The zero-order chi connectivity index (χ0) is 28.0. The lowest BCUT2D eigenvalue weighted by Crippen LogP contribution is -2.59. The number of guanidine groups is 1. The summed E-state index contributed by atoms with van der Waals surface area (Å²) in [5.74, 6) is -5.45. The van der Waals surface area contributed by atoms with E-state index in [0.717, 1.165) is 0 Å². The molecule has 3 amide bonds. The molecule has 0 heterocycles. The van der Waals surface area contributed by atoms with Crippen molar-refractivity contribution in [1.82, 2.24) is 16.0 Å². The van der Waals surface area contributed by atoms with Gasteiger partial charge in [0, 0.05) is 13.0 Å². The normalized spacial score (nSPS) is 15.1. The fraction of sp³-hybridized carbons (Fsp3) is 0.727. The van der Waals surface area contributed by atoms with Gasteiger partial charge in [-0.05, 0) is 31.1 Å². The third-order valence-corrected chi connectivity index (χ3v) is 5.61. The number of carboxylic acid groups (broad SMARTS) is 2. The Balaban J connectivity index is 5.44. The average Bonchev–Trinajstić information content (AvgIpc) is 2.79. The summed E-state index contributed by atoms with van der Waals surface area (Å²) in [7, 11) is 0. The van der Waals surface area contributed by atoms with Crippen molar-refractivity contribution in [3.63, 3.8) is 0 Å². The van der Waals surface area contributed by atoms with Crippen molar-refractivity contribution in [2.45, 2.75) is 84.0 Å². The van der Waals surface area contributed by atoms with Gasteiger partial charge in [-0.25, -0.2) is 4.79 Å². The Labute approximate surface area is 210 Å². The highest BCUT2D eigenvalue weighted by molar-refractivity contribution is 5.94. The smallest absolute Gasteiger partial charge is 0.326 e. The maximum Gasteiger partial charge on any atom is 0.326 e. The summed E-state index contributed by atoms with van der Waals surface area (Å²) in [6.45, 7) is 7.03. The number of hydrogen-bond donors (Lipinski definition) is 8. The molecule has 0 bridgehead atoms. The van der Waals surface area contributed by atoms with Crippen LogP contribution in [0.25, 0.3) is 0 Å². The first-order chi connectivity index (χ1) is 16.7. The zero-order valence-electron chi connectivity index (χ0n) is 21.3. The van der Waals surface area contributed by atoms with Gasteiger partial charge < -0.3 is 43.4 Å². The van der Waals surface area contributed by atoms with Crippen LogP contribution in [0.15, 0.2) is 4.99 Å². The molecule has 0 radical (unpaired) electrons. The lowest BCUT2D eigenvalue weighted by molar-refractivity contribution is -0.144. The van der Waals surface area contributed by atoms with Gasteiger partial charge in [0.15, 0.2) is 5.96 Å². The van der Waals surface area contributed by atoms with Crippen LogP contribution < -0.4 is 33.2 Å². The second-order valence-electron chi connectivity index (χ2n) is 8.99. The number of nitrogens with zero attached hydrogens (tertiary/aromatic N) is 1. The highest BCUT2D eigenvalue weighted by Gasteiger charge is 2.33. The molecule has 14 nitrogen and oxygen atoms in total.